The van der Waals surface area contributed by atoms with Crippen LogP contribution in [0.25, 0.3) is 0 Å². The second-order valence-electron chi connectivity index (χ2n) is 11.4. The van der Waals surface area contributed by atoms with Gasteiger partial charge < -0.3 is 29.5 Å². The third-order valence-electron chi connectivity index (χ3n) is 9.04. The molecule has 1 saturated carbocycles. The van der Waals surface area contributed by atoms with Crippen molar-refractivity contribution in [1.82, 2.24) is 25.0 Å². The highest BCUT2D eigenvalue weighted by Crippen LogP contribution is 2.41. The van der Waals surface area contributed by atoms with Crippen molar-refractivity contribution in [2.24, 2.45) is 11.8 Å². The van der Waals surface area contributed by atoms with Crippen LogP contribution < -0.4 is 10.1 Å². The SMILES string of the molecule is CNC(=O)[C@@H]1CCCCC1C(=O)N1CCc2cccc(OC3CCN(C(=O)c4cncs4)C3)c2[C@H]1CN1CCOC1=O. The maximum atomic E-state index is 14.3. The largest absolute Gasteiger partial charge is 0.488 e. The minimum atomic E-state index is -0.438. The Morgan fingerprint density at radius 2 is 1.95 bits per heavy atom. The Labute approximate surface area is 249 Å². The second-order valence-corrected chi connectivity index (χ2v) is 12.3. The molecule has 2 aromatic rings. The summed E-state index contributed by atoms with van der Waals surface area (Å²) >= 11 is 1.33. The zero-order chi connectivity index (χ0) is 29.2. The molecule has 0 radical (unpaired) electrons. The van der Waals surface area contributed by atoms with Gasteiger partial charge in [0.2, 0.25) is 11.8 Å². The molecule has 3 fully saturated rings. The number of cyclic esters (lactones) is 1. The van der Waals surface area contributed by atoms with Crippen LogP contribution in [0.2, 0.25) is 0 Å². The molecule has 1 aromatic carbocycles. The molecule has 1 aromatic heterocycles. The second kappa shape index (κ2) is 12.3. The first-order valence-electron chi connectivity index (χ1n) is 14.8. The van der Waals surface area contributed by atoms with E-state index in [1.54, 1.807) is 28.6 Å². The van der Waals surface area contributed by atoms with Crippen molar-refractivity contribution < 1.29 is 28.7 Å². The Hall–Kier alpha value is -3.67. The van der Waals surface area contributed by atoms with Crippen LogP contribution in [-0.2, 0) is 20.7 Å². The summed E-state index contributed by atoms with van der Waals surface area (Å²) in [7, 11) is 1.62. The molecule has 2 saturated heterocycles. The van der Waals surface area contributed by atoms with Gasteiger partial charge in [-0.05, 0) is 30.9 Å². The summed E-state index contributed by atoms with van der Waals surface area (Å²) < 4.78 is 11.8. The summed E-state index contributed by atoms with van der Waals surface area (Å²) in [6.45, 7) is 2.61. The molecule has 6 rings (SSSR count). The van der Waals surface area contributed by atoms with Crippen LogP contribution in [0.5, 0.6) is 5.75 Å². The van der Waals surface area contributed by atoms with E-state index in [1.807, 2.05) is 17.0 Å². The van der Waals surface area contributed by atoms with Crippen LogP contribution in [0.3, 0.4) is 0 Å². The number of nitrogens with one attached hydrogen (secondary N) is 1. The van der Waals surface area contributed by atoms with Crippen LogP contribution in [0, 0.1) is 11.8 Å². The van der Waals surface area contributed by atoms with Crippen molar-refractivity contribution in [2.45, 2.75) is 50.7 Å². The molecular weight excluding hydrogens is 558 g/mol. The van der Waals surface area contributed by atoms with E-state index in [2.05, 4.69) is 16.4 Å². The zero-order valence-electron chi connectivity index (χ0n) is 23.8. The van der Waals surface area contributed by atoms with E-state index in [4.69, 9.17) is 9.47 Å². The fourth-order valence-electron chi connectivity index (χ4n) is 6.90. The van der Waals surface area contributed by atoms with Crippen molar-refractivity contribution in [3.63, 3.8) is 0 Å². The first-order chi connectivity index (χ1) is 20.4. The zero-order valence-corrected chi connectivity index (χ0v) is 24.6. The molecule has 224 valence electrons. The maximum Gasteiger partial charge on any atom is 0.410 e. The molecule has 0 bridgehead atoms. The topological polar surface area (TPSA) is 121 Å². The average molecular weight is 596 g/mol. The van der Waals surface area contributed by atoms with Crippen LogP contribution in [0.1, 0.15) is 58.9 Å². The van der Waals surface area contributed by atoms with Crippen molar-refractivity contribution in [3.8, 4) is 5.75 Å². The van der Waals surface area contributed by atoms with E-state index >= 15 is 0 Å². The van der Waals surface area contributed by atoms with Crippen LogP contribution in [-0.4, -0.2) is 96.0 Å². The van der Waals surface area contributed by atoms with Gasteiger partial charge in [0.25, 0.3) is 5.91 Å². The quantitative estimate of drug-likeness (QED) is 0.523. The third kappa shape index (κ3) is 5.56. The Balaban J connectivity index is 1.28. The lowest BCUT2D eigenvalue weighted by molar-refractivity contribution is -0.146. The van der Waals surface area contributed by atoms with E-state index in [0.717, 1.165) is 24.0 Å². The maximum absolute atomic E-state index is 14.3. The molecule has 1 aliphatic carbocycles. The fraction of sp³-hybridized carbons (Fsp3) is 0.567. The lowest BCUT2D eigenvalue weighted by Crippen LogP contribution is -2.50. The van der Waals surface area contributed by atoms with Gasteiger partial charge in [-0.2, -0.15) is 0 Å². The summed E-state index contributed by atoms with van der Waals surface area (Å²) in [6.07, 6.45) is 5.54. The minimum Gasteiger partial charge on any atom is -0.488 e. The highest BCUT2D eigenvalue weighted by molar-refractivity contribution is 7.11. The van der Waals surface area contributed by atoms with Crippen molar-refractivity contribution in [3.05, 3.63) is 45.9 Å². The number of thiazole rings is 1. The van der Waals surface area contributed by atoms with Crippen LogP contribution in [0.15, 0.2) is 29.9 Å². The highest BCUT2D eigenvalue weighted by atomic mass is 32.1. The van der Waals surface area contributed by atoms with E-state index < -0.39 is 12.0 Å². The van der Waals surface area contributed by atoms with Gasteiger partial charge >= 0.3 is 6.09 Å². The lowest BCUT2D eigenvalue weighted by Gasteiger charge is -2.42. The average Bonchev–Trinajstić information content (AvgIpc) is 3.80. The van der Waals surface area contributed by atoms with Crippen molar-refractivity contribution >= 4 is 35.2 Å². The van der Waals surface area contributed by atoms with E-state index in [-0.39, 0.29) is 42.4 Å². The summed E-state index contributed by atoms with van der Waals surface area (Å²) in [5, 5.41) is 2.75. The predicted octanol–water partition coefficient (Wildman–Crippen LogP) is 2.87. The number of nitrogens with zero attached hydrogens (tertiary/aromatic N) is 4. The predicted molar refractivity (Wildman–Crippen MR) is 154 cm³/mol. The fourth-order valence-corrected chi connectivity index (χ4v) is 7.49. The van der Waals surface area contributed by atoms with Gasteiger partial charge in [-0.3, -0.25) is 19.4 Å². The van der Waals surface area contributed by atoms with E-state index in [1.165, 1.54) is 11.3 Å². The number of rotatable bonds is 7. The van der Waals surface area contributed by atoms with Gasteiger partial charge in [0.05, 0.1) is 30.8 Å². The number of hydrogen-bond acceptors (Lipinski definition) is 8. The Morgan fingerprint density at radius 3 is 2.69 bits per heavy atom. The van der Waals surface area contributed by atoms with Gasteiger partial charge in [0, 0.05) is 50.5 Å². The van der Waals surface area contributed by atoms with E-state index in [9.17, 15) is 19.2 Å². The lowest BCUT2D eigenvalue weighted by atomic mass is 9.77. The highest BCUT2D eigenvalue weighted by Gasteiger charge is 2.43. The van der Waals surface area contributed by atoms with Gasteiger partial charge in [0.1, 0.15) is 23.3 Å². The van der Waals surface area contributed by atoms with Crippen LogP contribution >= 0.6 is 11.3 Å². The summed E-state index contributed by atoms with van der Waals surface area (Å²) in [6, 6.07) is 5.50. The number of likely N-dealkylation sites (tertiary alicyclic amines) is 1. The van der Waals surface area contributed by atoms with Gasteiger partial charge in [-0.25, -0.2) is 4.79 Å². The van der Waals surface area contributed by atoms with Crippen molar-refractivity contribution in [2.75, 3.05) is 46.4 Å². The number of fused-ring (bicyclic) bond motifs is 1. The Bertz CT molecular complexity index is 1340. The molecular formula is C30H37N5O6S. The molecule has 4 aliphatic rings. The molecule has 42 heavy (non-hydrogen) atoms. The number of carbonyl (C=O) groups is 4. The molecule has 4 amide bonds. The molecule has 3 aliphatic heterocycles. The first-order valence-corrected chi connectivity index (χ1v) is 15.7. The van der Waals surface area contributed by atoms with Gasteiger partial charge in [-0.1, -0.05) is 25.0 Å². The number of amides is 4. The normalized spacial score (nSPS) is 25.6. The molecule has 11 nitrogen and oxygen atoms in total. The summed E-state index contributed by atoms with van der Waals surface area (Å²) in [5.41, 5.74) is 3.63. The van der Waals surface area contributed by atoms with Gasteiger partial charge in [0.15, 0.2) is 0 Å². The summed E-state index contributed by atoms with van der Waals surface area (Å²) in [4.78, 5) is 62.4. The molecule has 1 N–H and O–H groups in total. The number of carbonyl (C=O) groups excluding carboxylic acids is 4. The molecule has 4 heterocycles. The standard InChI is InChI=1S/C30H37N5O6S/c1-31-27(36)21-6-2-3-7-22(21)28(37)35-12-9-19-5-4-8-24(26(19)23(35)17-34-13-14-40-30(34)39)41-20-10-11-33(16-20)29(38)25-15-32-18-42-25/h4-5,8,15,18,20-23H,2-3,6-7,9-14,16-17H2,1H3,(H,31,36)/t20?,21-,22?,23-/m1/s1. The molecule has 2 unspecified atom stereocenters. The van der Waals surface area contributed by atoms with Crippen molar-refractivity contribution in [1.29, 1.82) is 0 Å². The number of aromatic nitrogens is 1. The first kappa shape index (κ1) is 28.4. The van der Waals surface area contributed by atoms with Crippen LogP contribution in [0.4, 0.5) is 4.79 Å². The number of hydrogen-bond donors (Lipinski definition) is 1. The molecule has 0 spiro atoms. The monoisotopic (exact) mass is 595 g/mol. The number of ether oxygens (including phenoxy) is 2. The third-order valence-corrected chi connectivity index (χ3v) is 9.81. The molecule has 12 heteroatoms. The Morgan fingerprint density at radius 1 is 1.12 bits per heavy atom. The smallest absolute Gasteiger partial charge is 0.410 e. The number of benzene rings is 1. The van der Waals surface area contributed by atoms with E-state index in [0.29, 0.717) is 69.1 Å². The Kier molecular flexibility index (Phi) is 8.32. The summed E-state index contributed by atoms with van der Waals surface area (Å²) in [5.74, 6) is -0.258. The molecule has 4 atom stereocenters. The van der Waals surface area contributed by atoms with Gasteiger partial charge in [-0.15, -0.1) is 11.3 Å². The minimum absolute atomic E-state index is 0.0384.